The molecule has 1 aliphatic carbocycles. The first-order valence-corrected chi connectivity index (χ1v) is 6.33. The van der Waals surface area contributed by atoms with Gasteiger partial charge in [0.1, 0.15) is 5.82 Å². The van der Waals surface area contributed by atoms with Gasteiger partial charge in [-0.25, -0.2) is 4.98 Å². The van der Waals surface area contributed by atoms with E-state index in [0.717, 1.165) is 25.4 Å². The van der Waals surface area contributed by atoms with Crippen LogP contribution in [0.4, 0.5) is 5.82 Å². The minimum Gasteiger partial charge on any atom is -0.384 e. The van der Waals surface area contributed by atoms with Gasteiger partial charge in [0.2, 0.25) is 0 Å². The van der Waals surface area contributed by atoms with Crippen molar-refractivity contribution in [2.45, 2.75) is 38.6 Å². The molecule has 1 fully saturated rings. The topological polar surface area (TPSA) is 50.9 Å². The minimum absolute atomic E-state index is 0.603. The lowest BCUT2D eigenvalue weighted by Crippen LogP contribution is -2.16. The standard InChI is InChI=1S/C14H21N3/c1-11(3-2-7-16-13-4-5-13)9-12-6-8-17-14(15)10-12/h3,6,8,10,13,16H,2,4-5,7,9H2,1H3,(H2,15,17). The highest BCUT2D eigenvalue weighted by Crippen LogP contribution is 2.18. The molecule has 3 heteroatoms. The molecule has 0 aliphatic heterocycles. The predicted molar refractivity (Wildman–Crippen MR) is 71.8 cm³/mol. The number of nitrogens with one attached hydrogen (secondary N) is 1. The van der Waals surface area contributed by atoms with Gasteiger partial charge in [0, 0.05) is 12.2 Å². The number of rotatable bonds is 6. The molecule has 0 spiro atoms. The smallest absolute Gasteiger partial charge is 0.123 e. The number of hydrogen-bond donors (Lipinski definition) is 2. The number of aromatic nitrogens is 1. The maximum Gasteiger partial charge on any atom is 0.123 e. The van der Waals surface area contributed by atoms with E-state index in [-0.39, 0.29) is 0 Å². The van der Waals surface area contributed by atoms with E-state index in [2.05, 4.69) is 23.3 Å². The summed E-state index contributed by atoms with van der Waals surface area (Å²) in [6.07, 6.45) is 8.88. The summed E-state index contributed by atoms with van der Waals surface area (Å²) in [5.41, 5.74) is 8.29. The maximum atomic E-state index is 5.66. The molecule has 1 heterocycles. The van der Waals surface area contributed by atoms with Crippen molar-refractivity contribution >= 4 is 5.82 Å². The summed E-state index contributed by atoms with van der Waals surface area (Å²) in [6, 6.07) is 4.78. The van der Waals surface area contributed by atoms with Gasteiger partial charge in [-0.15, -0.1) is 0 Å². The SMILES string of the molecule is CC(=CCCNC1CC1)Cc1ccnc(N)c1. The second-order valence-corrected chi connectivity index (χ2v) is 4.83. The van der Waals surface area contributed by atoms with Crippen LogP contribution in [-0.2, 0) is 6.42 Å². The van der Waals surface area contributed by atoms with Crippen LogP contribution in [-0.4, -0.2) is 17.6 Å². The van der Waals surface area contributed by atoms with Gasteiger partial charge in [-0.2, -0.15) is 0 Å². The summed E-state index contributed by atoms with van der Waals surface area (Å²) in [5, 5.41) is 3.51. The van der Waals surface area contributed by atoms with E-state index in [1.807, 2.05) is 12.1 Å². The first-order valence-electron chi connectivity index (χ1n) is 6.33. The van der Waals surface area contributed by atoms with Gasteiger partial charge in [0.25, 0.3) is 0 Å². The molecule has 3 nitrogen and oxygen atoms in total. The Bertz CT molecular complexity index is 394. The lowest BCUT2D eigenvalue weighted by Gasteiger charge is -2.03. The average molecular weight is 231 g/mol. The number of pyridine rings is 1. The first-order chi connectivity index (χ1) is 8.24. The Morgan fingerprint density at radius 3 is 3.12 bits per heavy atom. The highest BCUT2D eigenvalue weighted by Gasteiger charge is 2.19. The van der Waals surface area contributed by atoms with E-state index in [9.17, 15) is 0 Å². The van der Waals surface area contributed by atoms with Crippen molar-refractivity contribution in [2.24, 2.45) is 0 Å². The molecular formula is C14H21N3. The van der Waals surface area contributed by atoms with Crippen molar-refractivity contribution in [2.75, 3.05) is 12.3 Å². The van der Waals surface area contributed by atoms with E-state index >= 15 is 0 Å². The van der Waals surface area contributed by atoms with Crippen LogP contribution in [0.25, 0.3) is 0 Å². The Labute approximate surface area is 103 Å². The van der Waals surface area contributed by atoms with Crippen molar-refractivity contribution in [1.82, 2.24) is 10.3 Å². The lowest BCUT2D eigenvalue weighted by molar-refractivity contribution is 0.688. The Kier molecular flexibility index (Phi) is 4.15. The molecule has 1 saturated carbocycles. The maximum absolute atomic E-state index is 5.66. The summed E-state index contributed by atoms with van der Waals surface area (Å²) in [4.78, 5) is 4.00. The van der Waals surface area contributed by atoms with E-state index < -0.39 is 0 Å². The third kappa shape index (κ3) is 4.57. The van der Waals surface area contributed by atoms with Gasteiger partial charge in [0.15, 0.2) is 0 Å². The van der Waals surface area contributed by atoms with Crippen LogP contribution in [0.3, 0.4) is 0 Å². The molecule has 0 amide bonds. The number of allylic oxidation sites excluding steroid dienone is 1. The minimum atomic E-state index is 0.603. The molecule has 0 bridgehead atoms. The van der Waals surface area contributed by atoms with Crippen molar-refractivity contribution in [3.05, 3.63) is 35.5 Å². The molecule has 0 radical (unpaired) electrons. The zero-order valence-corrected chi connectivity index (χ0v) is 10.4. The molecule has 1 aliphatic rings. The average Bonchev–Trinajstić information content (AvgIpc) is 3.08. The van der Waals surface area contributed by atoms with E-state index in [1.54, 1.807) is 6.20 Å². The molecule has 3 N–H and O–H groups in total. The number of anilines is 1. The fourth-order valence-electron chi connectivity index (χ4n) is 1.89. The molecule has 2 rings (SSSR count). The van der Waals surface area contributed by atoms with Crippen LogP contribution in [0.5, 0.6) is 0 Å². The summed E-state index contributed by atoms with van der Waals surface area (Å²) in [6.45, 7) is 3.27. The molecule has 0 atom stereocenters. The normalized spacial score (nSPS) is 16.2. The third-order valence-corrected chi connectivity index (χ3v) is 2.98. The highest BCUT2D eigenvalue weighted by molar-refractivity contribution is 5.33. The van der Waals surface area contributed by atoms with Crippen molar-refractivity contribution in [3.8, 4) is 0 Å². The van der Waals surface area contributed by atoms with Gasteiger partial charge >= 0.3 is 0 Å². The quantitative estimate of drug-likeness (QED) is 0.583. The zero-order chi connectivity index (χ0) is 12.1. The number of nitrogens with two attached hydrogens (primary N) is 1. The number of nitrogen functional groups attached to an aromatic ring is 1. The Morgan fingerprint density at radius 2 is 2.41 bits per heavy atom. The fraction of sp³-hybridized carbons (Fsp3) is 0.500. The molecule has 1 aromatic heterocycles. The van der Waals surface area contributed by atoms with Crippen LogP contribution >= 0.6 is 0 Å². The summed E-state index contributed by atoms with van der Waals surface area (Å²) >= 11 is 0. The zero-order valence-electron chi connectivity index (χ0n) is 10.4. The molecular weight excluding hydrogens is 210 g/mol. The molecule has 0 saturated heterocycles. The van der Waals surface area contributed by atoms with Gasteiger partial charge in [-0.3, -0.25) is 0 Å². The van der Waals surface area contributed by atoms with Crippen LogP contribution < -0.4 is 11.1 Å². The van der Waals surface area contributed by atoms with Crippen molar-refractivity contribution in [1.29, 1.82) is 0 Å². The van der Waals surface area contributed by atoms with Crippen molar-refractivity contribution in [3.63, 3.8) is 0 Å². The van der Waals surface area contributed by atoms with Crippen LogP contribution in [0, 0.1) is 0 Å². The predicted octanol–water partition coefficient (Wildman–Crippen LogP) is 2.29. The Morgan fingerprint density at radius 1 is 1.59 bits per heavy atom. The van der Waals surface area contributed by atoms with E-state index in [4.69, 9.17) is 5.73 Å². The summed E-state index contributed by atoms with van der Waals surface area (Å²) in [7, 11) is 0. The van der Waals surface area contributed by atoms with Crippen molar-refractivity contribution < 1.29 is 0 Å². The Balaban J connectivity index is 1.74. The summed E-state index contributed by atoms with van der Waals surface area (Å²) < 4.78 is 0. The van der Waals surface area contributed by atoms with E-state index in [0.29, 0.717) is 5.82 Å². The highest BCUT2D eigenvalue weighted by atomic mass is 14.9. The first kappa shape index (κ1) is 12.1. The summed E-state index contributed by atoms with van der Waals surface area (Å²) in [5.74, 6) is 0.603. The monoisotopic (exact) mass is 231 g/mol. The molecule has 1 aromatic rings. The Hall–Kier alpha value is -1.35. The van der Waals surface area contributed by atoms with Gasteiger partial charge in [-0.05, 0) is 56.8 Å². The number of hydrogen-bond acceptors (Lipinski definition) is 3. The molecule has 0 aromatic carbocycles. The molecule has 92 valence electrons. The largest absolute Gasteiger partial charge is 0.384 e. The lowest BCUT2D eigenvalue weighted by atomic mass is 10.1. The van der Waals surface area contributed by atoms with Gasteiger partial charge in [0.05, 0.1) is 0 Å². The molecule has 0 unspecified atom stereocenters. The van der Waals surface area contributed by atoms with E-state index in [1.165, 1.54) is 24.0 Å². The van der Waals surface area contributed by atoms with Gasteiger partial charge < -0.3 is 11.1 Å². The fourth-order valence-corrected chi connectivity index (χ4v) is 1.89. The third-order valence-electron chi connectivity index (χ3n) is 2.98. The van der Waals surface area contributed by atoms with Crippen LogP contribution in [0.15, 0.2) is 30.0 Å². The van der Waals surface area contributed by atoms with Gasteiger partial charge in [-0.1, -0.05) is 11.6 Å². The second kappa shape index (κ2) is 5.82. The number of nitrogens with zero attached hydrogens (tertiary/aromatic N) is 1. The van der Waals surface area contributed by atoms with Crippen LogP contribution in [0.2, 0.25) is 0 Å². The van der Waals surface area contributed by atoms with Crippen LogP contribution in [0.1, 0.15) is 31.7 Å². The second-order valence-electron chi connectivity index (χ2n) is 4.83. The molecule has 17 heavy (non-hydrogen) atoms.